The van der Waals surface area contributed by atoms with Crippen molar-refractivity contribution >= 4 is 11.6 Å². The standard InChI is InChI=1S/C14H8ClF5O2/c15-11-6-3-9(7-12(11)21-13(16)17)8-1-4-10(5-2-8)22-14(18,19)20/h1-7,13H. The molecule has 0 aliphatic carbocycles. The summed E-state index contributed by atoms with van der Waals surface area (Å²) in [5, 5.41) is 0.000995. The van der Waals surface area contributed by atoms with Crippen LogP contribution in [0.15, 0.2) is 42.5 Å². The van der Waals surface area contributed by atoms with E-state index in [1.807, 2.05) is 0 Å². The van der Waals surface area contributed by atoms with Gasteiger partial charge in [0.05, 0.1) is 5.02 Å². The second-order valence-corrected chi connectivity index (χ2v) is 4.50. The fraction of sp³-hybridized carbons (Fsp3) is 0.143. The zero-order valence-electron chi connectivity index (χ0n) is 10.7. The Bertz CT molecular complexity index is 641. The van der Waals surface area contributed by atoms with Gasteiger partial charge in [0.15, 0.2) is 0 Å². The number of halogens is 6. The molecule has 0 aliphatic rings. The first-order valence-corrected chi connectivity index (χ1v) is 6.23. The Labute approximate surface area is 127 Å². The van der Waals surface area contributed by atoms with E-state index in [1.54, 1.807) is 0 Å². The summed E-state index contributed by atoms with van der Waals surface area (Å²) in [4.78, 5) is 0. The highest BCUT2D eigenvalue weighted by atomic mass is 35.5. The maximum Gasteiger partial charge on any atom is 0.573 e. The Morgan fingerprint density at radius 3 is 2.05 bits per heavy atom. The second kappa shape index (κ2) is 6.39. The van der Waals surface area contributed by atoms with Crippen molar-refractivity contribution in [2.24, 2.45) is 0 Å². The Morgan fingerprint density at radius 2 is 1.50 bits per heavy atom. The number of alkyl halides is 5. The van der Waals surface area contributed by atoms with E-state index in [2.05, 4.69) is 9.47 Å². The lowest BCUT2D eigenvalue weighted by atomic mass is 10.1. The van der Waals surface area contributed by atoms with Crippen LogP contribution in [0.4, 0.5) is 22.0 Å². The molecule has 2 rings (SSSR count). The van der Waals surface area contributed by atoms with Crippen LogP contribution in [0, 0.1) is 0 Å². The fourth-order valence-corrected chi connectivity index (χ4v) is 1.88. The molecule has 0 amide bonds. The topological polar surface area (TPSA) is 18.5 Å². The molecule has 22 heavy (non-hydrogen) atoms. The predicted molar refractivity (Wildman–Crippen MR) is 70.2 cm³/mol. The van der Waals surface area contributed by atoms with Crippen molar-refractivity contribution in [3.8, 4) is 22.6 Å². The minimum atomic E-state index is -4.78. The minimum absolute atomic E-state index is 0.000995. The normalized spacial score (nSPS) is 11.6. The van der Waals surface area contributed by atoms with Crippen molar-refractivity contribution in [2.45, 2.75) is 13.0 Å². The van der Waals surface area contributed by atoms with E-state index >= 15 is 0 Å². The molecule has 2 aromatic rings. The first-order valence-electron chi connectivity index (χ1n) is 5.85. The van der Waals surface area contributed by atoms with Crippen LogP contribution in [0.25, 0.3) is 11.1 Å². The summed E-state index contributed by atoms with van der Waals surface area (Å²) >= 11 is 5.72. The lowest BCUT2D eigenvalue weighted by molar-refractivity contribution is -0.274. The molecule has 8 heteroatoms. The quantitative estimate of drug-likeness (QED) is 0.685. The highest BCUT2D eigenvalue weighted by Gasteiger charge is 2.30. The molecule has 0 N–H and O–H groups in total. The predicted octanol–water partition coefficient (Wildman–Crippen LogP) is 5.51. The summed E-state index contributed by atoms with van der Waals surface area (Å²) in [5.41, 5.74) is 0.948. The first kappa shape index (κ1) is 16.4. The van der Waals surface area contributed by atoms with Crippen molar-refractivity contribution in [1.82, 2.24) is 0 Å². The van der Waals surface area contributed by atoms with Crippen LogP contribution in [0.2, 0.25) is 5.02 Å². The van der Waals surface area contributed by atoms with Crippen LogP contribution < -0.4 is 9.47 Å². The Balaban J connectivity index is 2.25. The zero-order chi connectivity index (χ0) is 16.3. The average Bonchev–Trinajstić information content (AvgIpc) is 2.40. The van der Waals surface area contributed by atoms with Crippen LogP contribution in [-0.2, 0) is 0 Å². The molecule has 2 nitrogen and oxygen atoms in total. The molecule has 0 aromatic heterocycles. The van der Waals surface area contributed by atoms with Gasteiger partial charge in [0, 0.05) is 0 Å². The highest BCUT2D eigenvalue weighted by molar-refractivity contribution is 6.32. The van der Waals surface area contributed by atoms with Crippen LogP contribution in [0.5, 0.6) is 11.5 Å². The molecule has 0 fully saturated rings. The van der Waals surface area contributed by atoms with E-state index in [1.165, 1.54) is 30.3 Å². The maximum atomic E-state index is 12.2. The van der Waals surface area contributed by atoms with Gasteiger partial charge in [-0.05, 0) is 35.4 Å². The monoisotopic (exact) mass is 338 g/mol. The van der Waals surface area contributed by atoms with Crippen LogP contribution in [0.1, 0.15) is 0 Å². The summed E-state index contributed by atoms with van der Waals surface area (Å²) < 4.78 is 68.7. The van der Waals surface area contributed by atoms with Gasteiger partial charge in [-0.1, -0.05) is 29.8 Å². The van der Waals surface area contributed by atoms with Crippen LogP contribution in [-0.4, -0.2) is 13.0 Å². The molecule has 0 aliphatic heterocycles. The SMILES string of the molecule is FC(F)Oc1cc(-c2ccc(OC(F)(F)F)cc2)ccc1Cl. The van der Waals surface area contributed by atoms with E-state index in [4.69, 9.17) is 11.6 Å². The summed E-state index contributed by atoms with van der Waals surface area (Å²) in [6.07, 6.45) is -4.78. The number of rotatable bonds is 4. The molecular formula is C14H8ClF5O2. The third-order valence-electron chi connectivity index (χ3n) is 2.57. The van der Waals surface area contributed by atoms with Gasteiger partial charge >= 0.3 is 13.0 Å². The second-order valence-electron chi connectivity index (χ2n) is 4.10. The molecule has 0 spiro atoms. The molecule has 0 unspecified atom stereocenters. The van der Waals surface area contributed by atoms with E-state index < -0.39 is 13.0 Å². The molecule has 118 valence electrons. The van der Waals surface area contributed by atoms with Gasteiger partial charge in [0.1, 0.15) is 11.5 Å². The third kappa shape index (κ3) is 4.49. The summed E-state index contributed by atoms with van der Waals surface area (Å²) in [5.74, 6) is -0.598. The van der Waals surface area contributed by atoms with Crippen molar-refractivity contribution in [1.29, 1.82) is 0 Å². The minimum Gasteiger partial charge on any atom is -0.433 e. The smallest absolute Gasteiger partial charge is 0.433 e. The van der Waals surface area contributed by atoms with Crippen LogP contribution >= 0.6 is 11.6 Å². The third-order valence-corrected chi connectivity index (χ3v) is 2.88. The number of hydrogen-bond donors (Lipinski definition) is 0. The number of hydrogen-bond acceptors (Lipinski definition) is 2. The molecule has 0 heterocycles. The average molecular weight is 339 g/mol. The molecule has 0 saturated carbocycles. The molecule has 2 aromatic carbocycles. The van der Waals surface area contributed by atoms with Gasteiger partial charge in [-0.2, -0.15) is 8.78 Å². The van der Waals surface area contributed by atoms with Crippen molar-refractivity contribution < 1.29 is 31.4 Å². The van der Waals surface area contributed by atoms with Crippen molar-refractivity contribution in [2.75, 3.05) is 0 Å². The summed E-state index contributed by atoms with van der Waals surface area (Å²) in [6, 6.07) is 9.10. The van der Waals surface area contributed by atoms with E-state index in [0.29, 0.717) is 11.1 Å². The zero-order valence-corrected chi connectivity index (χ0v) is 11.5. The largest absolute Gasteiger partial charge is 0.573 e. The van der Waals surface area contributed by atoms with E-state index in [-0.39, 0.29) is 16.5 Å². The van der Waals surface area contributed by atoms with E-state index in [9.17, 15) is 22.0 Å². The Hall–Kier alpha value is -2.02. The fourth-order valence-electron chi connectivity index (χ4n) is 1.72. The lowest BCUT2D eigenvalue weighted by Gasteiger charge is -2.11. The highest BCUT2D eigenvalue weighted by Crippen LogP contribution is 2.33. The summed E-state index contributed by atoms with van der Waals surface area (Å²) in [7, 11) is 0. The van der Waals surface area contributed by atoms with Crippen molar-refractivity contribution in [3.63, 3.8) is 0 Å². The van der Waals surface area contributed by atoms with Gasteiger partial charge in [-0.25, -0.2) is 0 Å². The lowest BCUT2D eigenvalue weighted by Crippen LogP contribution is -2.16. The summed E-state index contributed by atoms with van der Waals surface area (Å²) in [6.45, 7) is -3.03. The Morgan fingerprint density at radius 1 is 0.909 bits per heavy atom. The van der Waals surface area contributed by atoms with Crippen LogP contribution in [0.3, 0.4) is 0 Å². The molecule has 0 saturated heterocycles. The maximum absolute atomic E-state index is 12.2. The van der Waals surface area contributed by atoms with E-state index in [0.717, 1.165) is 12.1 Å². The van der Waals surface area contributed by atoms with Crippen molar-refractivity contribution in [3.05, 3.63) is 47.5 Å². The molecule has 0 atom stereocenters. The van der Waals surface area contributed by atoms with Gasteiger partial charge in [-0.3, -0.25) is 0 Å². The number of ether oxygens (including phenoxy) is 2. The van der Waals surface area contributed by atoms with Gasteiger partial charge in [0.2, 0.25) is 0 Å². The molecule has 0 bridgehead atoms. The molecule has 0 radical (unpaired) electrons. The van der Waals surface area contributed by atoms with Gasteiger partial charge in [0.25, 0.3) is 0 Å². The van der Waals surface area contributed by atoms with Gasteiger partial charge in [-0.15, -0.1) is 13.2 Å². The number of benzene rings is 2. The molecular weight excluding hydrogens is 331 g/mol. The first-order chi connectivity index (χ1) is 10.2. The Kier molecular flexibility index (Phi) is 4.75. The van der Waals surface area contributed by atoms with Gasteiger partial charge < -0.3 is 9.47 Å².